The second kappa shape index (κ2) is 8.64. The minimum atomic E-state index is -3.50. The molecule has 0 amide bonds. The maximum Gasteiger partial charge on any atom is 0.178 e. The molecule has 0 unspecified atom stereocenters. The fourth-order valence-corrected chi connectivity index (χ4v) is 6.03. The Morgan fingerprint density at radius 3 is 2.62 bits per heavy atom. The van der Waals surface area contributed by atoms with Crippen molar-refractivity contribution >= 4 is 15.6 Å². The molecule has 2 aliphatic rings. The van der Waals surface area contributed by atoms with Crippen LogP contribution in [0.1, 0.15) is 47.5 Å². The first-order valence-electron chi connectivity index (χ1n) is 11.5. The van der Waals surface area contributed by atoms with Gasteiger partial charge >= 0.3 is 0 Å². The maximum absolute atomic E-state index is 13.0. The number of aromatic nitrogens is 1. The minimum absolute atomic E-state index is 0.115. The average Bonchev–Trinajstić information content (AvgIpc) is 3.60. The predicted molar refractivity (Wildman–Crippen MR) is 130 cm³/mol. The zero-order valence-electron chi connectivity index (χ0n) is 19.0. The van der Waals surface area contributed by atoms with Gasteiger partial charge in [0.2, 0.25) is 0 Å². The normalized spacial score (nSPS) is 20.8. The van der Waals surface area contributed by atoms with Crippen molar-refractivity contribution in [1.82, 2.24) is 4.98 Å². The molecule has 5 rings (SSSR count). The SMILES string of the molecule is CC1(S(=O)(=O)CC(=O)c2ccccc2-c2ccc3c(c2)OC[C@@H](Cc2ccccn2)[C@@H]3O)CC1. The summed E-state index contributed by atoms with van der Waals surface area (Å²) in [5, 5.41) is 11.0. The Bertz CT molecular complexity index is 1330. The molecule has 0 saturated heterocycles. The third-order valence-corrected chi connectivity index (χ3v) is 9.55. The molecule has 1 saturated carbocycles. The highest BCUT2D eigenvalue weighted by Crippen LogP contribution is 2.44. The molecular weight excluding hydrogens is 450 g/mol. The molecule has 1 fully saturated rings. The molecule has 2 atom stereocenters. The van der Waals surface area contributed by atoms with E-state index < -0.39 is 32.2 Å². The molecule has 0 radical (unpaired) electrons. The van der Waals surface area contributed by atoms with Crippen LogP contribution in [0.5, 0.6) is 5.75 Å². The number of Topliss-reactive ketones (excluding diaryl/α,β-unsaturated/α-hetero) is 1. The molecule has 1 aliphatic carbocycles. The molecule has 0 spiro atoms. The monoisotopic (exact) mass is 477 g/mol. The molecule has 0 bridgehead atoms. The van der Waals surface area contributed by atoms with Gasteiger partial charge in [0.25, 0.3) is 0 Å². The summed E-state index contributed by atoms with van der Waals surface area (Å²) in [6.45, 7) is 2.06. The fourth-order valence-electron chi connectivity index (χ4n) is 4.46. The average molecular weight is 478 g/mol. The largest absolute Gasteiger partial charge is 0.493 e. The standard InChI is InChI=1S/C27H27NO5S/c1-27(11-12-27)34(31,32)17-24(29)22-8-3-2-7-21(22)18-9-10-23-25(15-18)33-16-19(26(23)30)14-20-6-4-5-13-28-20/h2-10,13,15,19,26,30H,11-12,14,16-17H2,1H3/t19-,26+/m1/s1. The van der Waals surface area contributed by atoms with Crippen molar-refractivity contribution in [2.45, 2.75) is 37.0 Å². The van der Waals surface area contributed by atoms with Crippen molar-refractivity contribution in [3.8, 4) is 16.9 Å². The van der Waals surface area contributed by atoms with E-state index in [1.807, 2.05) is 48.5 Å². The number of pyridine rings is 1. The Morgan fingerprint density at radius 1 is 1.12 bits per heavy atom. The van der Waals surface area contributed by atoms with Gasteiger partial charge in [0.15, 0.2) is 15.6 Å². The summed E-state index contributed by atoms with van der Waals surface area (Å²) in [7, 11) is -3.50. The number of nitrogens with zero attached hydrogens (tertiary/aromatic N) is 1. The first kappa shape index (κ1) is 22.7. The first-order valence-corrected chi connectivity index (χ1v) is 13.1. The molecule has 7 heteroatoms. The molecule has 176 valence electrons. The van der Waals surface area contributed by atoms with E-state index in [0.29, 0.717) is 48.3 Å². The number of benzene rings is 2. The van der Waals surface area contributed by atoms with Crippen LogP contribution in [0.15, 0.2) is 66.9 Å². The summed E-state index contributed by atoms with van der Waals surface area (Å²) in [6.07, 6.45) is 2.86. The van der Waals surface area contributed by atoms with Gasteiger partial charge in [-0.25, -0.2) is 8.42 Å². The van der Waals surface area contributed by atoms with Crippen molar-refractivity contribution in [2.24, 2.45) is 5.92 Å². The number of aliphatic hydroxyl groups is 1. The van der Waals surface area contributed by atoms with Gasteiger partial charge in [0, 0.05) is 28.9 Å². The van der Waals surface area contributed by atoms with Crippen LogP contribution in [0.3, 0.4) is 0 Å². The Hall–Kier alpha value is -3.03. The summed E-state index contributed by atoms with van der Waals surface area (Å²) in [6, 6.07) is 18.2. The molecular formula is C27H27NO5S. The van der Waals surface area contributed by atoms with Crippen molar-refractivity contribution in [1.29, 1.82) is 0 Å². The molecule has 34 heavy (non-hydrogen) atoms. The van der Waals surface area contributed by atoms with Gasteiger partial charge in [-0.15, -0.1) is 0 Å². The Morgan fingerprint density at radius 2 is 1.88 bits per heavy atom. The van der Waals surface area contributed by atoms with Gasteiger partial charge in [-0.1, -0.05) is 42.5 Å². The molecule has 2 aromatic carbocycles. The van der Waals surface area contributed by atoms with E-state index in [9.17, 15) is 18.3 Å². The van der Waals surface area contributed by atoms with Gasteiger partial charge in [-0.2, -0.15) is 0 Å². The van der Waals surface area contributed by atoms with Gasteiger partial charge in [-0.05, 0) is 55.5 Å². The van der Waals surface area contributed by atoms with E-state index in [4.69, 9.17) is 4.74 Å². The van der Waals surface area contributed by atoms with Crippen LogP contribution in [-0.4, -0.2) is 41.4 Å². The van der Waals surface area contributed by atoms with Crippen molar-refractivity contribution in [2.75, 3.05) is 12.4 Å². The molecule has 2 heterocycles. The Balaban J connectivity index is 1.40. The van der Waals surface area contributed by atoms with Crippen LogP contribution in [0, 0.1) is 5.92 Å². The smallest absolute Gasteiger partial charge is 0.178 e. The van der Waals surface area contributed by atoms with Crippen molar-refractivity contribution < 1.29 is 23.1 Å². The Kier molecular flexibility index (Phi) is 5.78. The zero-order valence-corrected chi connectivity index (χ0v) is 19.8. The Labute approximate surface area is 199 Å². The van der Waals surface area contributed by atoms with Crippen LogP contribution < -0.4 is 4.74 Å². The van der Waals surface area contributed by atoms with Gasteiger partial charge in [0.05, 0.1) is 17.5 Å². The highest BCUT2D eigenvalue weighted by atomic mass is 32.2. The number of aliphatic hydroxyl groups excluding tert-OH is 1. The van der Waals surface area contributed by atoms with E-state index in [1.54, 1.807) is 25.3 Å². The molecule has 1 aromatic heterocycles. The van der Waals surface area contributed by atoms with Crippen LogP contribution in [0.4, 0.5) is 0 Å². The lowest BCUT2D eigenvalue weighted by atomic mass is 9.88. The molecule has 1 N–H and O–H groups in total. The van der Waals surface area contributed by atoms with Crippen LogP contribution >= 0.6 is 0 Å². The number of fused-ring (bicyclic) bond motifs is 1. The summed E-state index contributed by atoms with van der Waals surface area (Å²) in [4.78, 5) is 17.4. The lowest BCUT2D eigenvalue weighted by Crippen LogP contribution is -2.28. The summed E-state index contributed by atoms with van der Waals surface area (Å²) in [5.74, 6) is -0.438. The number of ketones is 1. The van der Waals surface area contributed by atoms with E-state index in [-0.39, 0.29) is 5.92 Å². The molecule has 3 aromatic rings. The second-order valence-corrected chi connectivity index (χ2v) is 12.0. The third kappa shape index (κ3) is 4.26. The highest BCUT2D eigenvalue weighted by molar-refractivity contribution is 7.93. The highest BCUT2D eigenvalue weighted by Gasteiger charge is 2.50. The number of hydrogen-bond acceptors (Lipinski definition) is 6. The number of sulfone groups is 1. The summed E-state index contributed by atoms with van der Waals surface area (Å²) in [5.41, 5.74) is 3.37. The topological polar surface area (TPSA) is 93.6 Å². The van der Waals surface area contributed by atoms with E-state index in [2.05, 4.69) is 4.98 Å². The lowest BCUT2D eigenvalue weighted by Gasteiger charge is -2.30. The minimum Gasteiger partial charge on any atom is -0.493 e. The third-order valence-electron chi connectivity index (χ3n) is 6.99. The van der Waals surface area contributed by atoms with Crippen LogP contribution in [0.2, 0.25) is 0 Å². The van der Waals surface area contributed by atoms with Crippen LogP contribution in [0.25, 0.3) is 11.1 Å². The number of hydrogen-bond donors (Lipinski definition) is 1. The zero-order chi connectivity index (χ0) is 23.9. The van der Waals surface area contributed by atoms with Gasteiger partial charge < -0.3 is 9.84 Å². The first-order chi connectivity index (χ1) is 16.3. The number of carbonyl (C=O) groups excluding carboxylic acids is 1. The van der Waals surface area contributed by atoms with Crippen molar-refractivity contribution in [3.63, 3.8) is 0 Å². The van der Waals surface area contributed by atoms with E-state index in [0.717, 1.165) is 11.3 Å². The lowest BCUT2D eigenvalue weighted by molar-refractivity contribution is 0.0503. The van der Waals surface area contributed by atoms with Gasteiger partial charge in [0.1, 0.15) is 11.5 Å². The maximum atomic E-state index is 13.0. The number of carbonyl (C=O) groups is 1. The summed E-state index contributed by atoms with van der Waals surface area (Å²) < 4.78 is 30.6. The number of ether oxygens (including phenoxy) is 1. The van der Waals surface area contributed by atoms with Crippen molar-refractivity contribution in [3.05, 3.63) is 83.7 Å². The van der Waals surface area contributed by atoms with Crippen LogP contribution in [-0.2, 0) is 16.3 Å². The van der Waals surface area contributed by atoms with Gasteiger partial charge in [-0.3, -0.25) is 9.78 Å². The van der Waals surface area contributed by atoms with E-state index in [1.165, 1.54) is 0 Å². The summed E-state index contributed by atoms with van der Waals surface area (Å²) >= 11 is 0. The predicted octanol–water partition coefficient (Wildman–Crippen LogP) is 4.18. The van der Waals surface area contributed by atoms with E-state index >= 15 is 0 Å². The molecule has 1 aliphatic heterocycles. The second-order valence-electron chi connectivity index (χ2n) is 9.47. The molecule has 6 nitrogen and oxygen atoms in total. The fraction of sp³-hybridized carbons (Fsp3) is 0.333. The quantitative estimate of drug-likeness (QED) is 0.513. The number of rotatable bonds is 7.